The Morgan fingerprint density at radius 3 is 2.88 bits per heavy atom. The van der Waals surface area contributed by atoms with Crippen LogP contribution >= 0.6 is 11.6 Å². The highest BCUT2D eigenvalue weighted by Gasteiger charge is 2.25. The van der Waals surface area contributed by atoms with Crippen molar-refractivity contribution in [2.24, 2.45) is 0 Å². The third kappa shape index (κ3) is 2.36. The molecule has 1 N–H and O–H groups in total. The average molecular weight is 264 g/mol. The van der Waals surface area contributed by atoms with Crippen molar-refractivity contribution >= 4 is 11.6 Å². The lowest BCUT2D eigenvalue weighted by Crippen LogP contribution is -2.33. The predicted molar refractivity (Wildman–Crippen MR) is 59.5 cm³/mol. The van der Waals surface area contributed by atoms with Gasteiger partial charge in [-0.3, -0.25) is 0 Å². The number of methoxy groups -OCH3 is 1. The number of ether oxygens (including phenoxy) is 2. The molecule has 1 unspecified atom stereocenters. The lowest BCUT2D eigenvalue weighted by atomic mass is 10.1. The summed E-state index contributed by atoms with van der Waals surface area (Å²) in [5.74, 6) is -1.77. The van der Waals surface area contributed by atoms with Crippen molar-refractivity contribution in [2.75, 3.05) is 26.8 Å². The van der Waals surface area contributed by atoms with E-state index in [2.05, 4.69) is 5.32 Å². The van der Waals surface area contributed by atoms with E-state index in [1.54, 1.807) is 0 Å². The molecule has 0 saturated carbocycles. The Labute approximate surface area is 103 Å². The van der Waals surface area contributed by atoms with Crippen molar-refractivity contribution in [3.8, 4) is 5.75 Å². The molecule has 2 rings (SSSR count). The molecule has 1 aromatic rings. The van der Waals surface area contributed by atoms with Gasteiger partial charge in [0.2, 0.25) is 0 Å². The summed E-state index contributed by atoms with van der Waals surface area (Å²) < 4.78 is 37.5. The molecular formula is C11H12ClF2NO2. The van der Waals surface area contributed by atoms with E-state index in [1.807, 2.05) is 0 Å². The van der Waals surface area contributed by atoms with Gasteiger partial charge in [0.25, 0.3) is 0 Å². The number of halogens is 3. The summed E-state index contributed by atoms with van der Waals surface area (Å²) in [6.45, 7) is 1.69. The molecule has 1 heterocycles. The van der Waals surface area contributed by atoms with Gasteiger partial charge in [-0.05, 0) is 6.07 Å². The molecule has 0 radical (unpaired) electrons. The molecule has 1 aliphatic rings. The van der Waals surface area contributed by atoms with Crippen LogP contribution in [-0.4, -0.2) is 26.8 Å². The van der Waals surface area contributed by atoms with E-state index in [4.69, 9.17) is 21.1 Å². The van der Waals surface area contributed by atoms with E-state index in [0.29, 0.717) is 18.7 Å². The second-order valence-corrected chi connectivity index (χ2v) is 4.05. The largest absolute Gasteiger partial charge is 0.493 e. The van der Waals surface area contributed by atoms with Crippen molar-refractivity contribution < 1.29 is 18.3 Å². The Hall–Kier alpha value is -0.910. The zero-order valence-corrected chi connectivity index (χ0v) is 9.98. The zero-order valence-electron chi connectivity index (χ0n) is 9.23. The van der Waals surface area contributed by atoms with Gasteiger partial charge < -0.3 is 14.8 Å². The fourth-order valence-electron chi connectivity index (χ4n) is 1.81. The predicted octanol–water partition coefficient (Wildman–Crippen LogP) is 2.29. The van der Waals surface area contributed by atoms with E-state index in [1.165, 1.54) is 7.11 Å². The number of benzene rings is 1. The molecule has 3 nitrogen and oxygen atoms in total. The number of nitrogens with one attached hydrogen (secondary N) is 1. The molecule has 0 spiro atoms. The monoisotopic (exact) mass is 263 g/mol. The highest BCUT2D eigenvalue weighted by atomic mass is 35.5. The molecule has 0 bridgehead atoms. The first-order valence-electron chi connectivity index (χ1n) is 5.19. The van der Waals surface area contributed by atoms with E-state index in [9.17, 15) is 8.78 Å². The molecule has 0 amide bonds. The summed E-state index contributed by atoms with van der Waals surface area (Å²) >= 11 is 5.49. The number of morpholine rings is 1. The van der Waals surface area contributed by atoms with Gasteiger partial charge in [0, 0.05) is 18.7 Å². The van der Waals surface area contributed by atoms with Gasteiger partial charge >= 0.3 is 0 Å². The standard InChI is InChI=1S/C11H12ClF2NO2/c1-16-11-6(8-5-15-2-3-17-8)4-7(13)9(12)10(11)14/h4,8,15H,2-3,5H2,1H3. The Kier molecular flexibility index (Phi) is 3.81. The van der Waals surface area contributed by atoms with Gasteiger partial charge in [0.1, 0.15) is 10.8 Å². The van der Waals surface area contributed by atoms with Crippen LogP contribution in [0.4, 0.5) is 8.78 Å². The zero-order chi connectivity index (χ0) is 12.4. The third-order valence-electron chi connectivity index (χ3n) is 2.62. The van der Waals surface area contributed by atoms with Crippen molar-refractivity contribution in [1.29, 1.82) is 0 Å². The Morgan fingerprint density at radius 2 is 2.29 bits per heavy atom. The SMILES string of the molecule is COc1c(C2CNCCO2)cc(F)c(Cl)c1F. The van der Waals surface area contributed by atoms with Crippen LogP contribution in [0.15, 0.2) is 6.07 Å². The second-order valence-electron chi connectivity index (χ2n) is 3.67. The van der Waals surface area contributed by atoms with Crippen LogP contribution in [0.3, 0.4) is 0 Å². The van der Waals surface area contributed by atoms with Crippen molar-refractivity contribution in [1.82, 2.24) is 5.32 Å². The van der Waals surface area contributed by atoms with E-state index in [-0.39, 0.29) is 5.75 Å². The summed E-state index contributed by atoms with van der Waals surface area (Å²) in [5.41, 5.74) is 0.333. The first-order chi connectivity index (χ1) is 8.15. The van der Waals surface area contributed by atoms with Gasteiger partial charge in [-0.15, -0.1) is 0 Å². The summed E-state index contributed by atoms with van der Waals surface area (Å²) in [6.07, 6.45) is -0.431. The first kappa shape index (κ1) is 12.5. The molecule has 1 aliphatic heterocycles. The van der Waals surface area contributed by atoms with Crippen LogP contribution in [0.5, 0.6) is 5.75 Å². The quantitative estimate of drug-likeness (QED) is 0.831. The molecule has 17 heavy (non-hydrogen) atoms. The van der Waals surface area contributed by atoms with Crippen LogP contribution in [0.25, 0.3) is 0 Å². The number of rotatable bonds is 2. The molecular weight excluding hydrogens is 252 g/mol. The van der Waals surface area contributed by atoms with Gasteiger partial charge in [-0.1, -0.05) is 11.6 Å². The van der Waals surface area contributed by atoms with E-state index < -0.39 is 22.8 Å². The third-order valence-corrected chi connectivity index (χ3v) is 2.97. The lowest BCUT2D eigenvalue weighted by molar-refractivity contribution is 0.0257. The lowest BCUT2D eigenvalue weighted by Gasteiger charge is -2.25. The van der Waals surface area contributed by atoms with Crippen LogP contribution in [0, 0.1) is 11.6 Å². The van der Waals surface area contributed by atoms with Crippen LogP contribution in [-0.2, 0) is 4.74 Å². The summed E-state index contributed by atoms with van der Waals surface area (Å²) in [7, 11) is 1.31. The molecule has 0 aromatic heterocycles. The smallest absolute Gasteiger partial charge is 0.186 e. The van der Waals surface area contributed by atoms with Gasteiger partial charge in [0.05, 0.1) is 19.8 Å². The fraction of sp³-hybridized carbons (Fsp3) is 0.455. The van der Waals surface area contributed by atoms with Crippen molar-refractivity contribution in [3.05, 3.63) is 28.3 Å². The van der Waals surface area contributed by atoms with Crippen LogP contribution in [0.2, 0.25) is 5.02 Å². The molecule has 1 atom stereocenters. The molecule has 94 valence electrons. The minimum absolute atomic E-state index is 0.0647. The maximum atomic E-state index is 13.7. The topological polar surface area (TPSA) is 30.5 Å². The van der Waals surface area contributed by atoms with Crippen LogP contribution in [0.1, 0.15) is 11.7 Å². The van der Waals surface area contributed by atoms with Gasteiger partial charge in [-0.2, -0.15) is 0 Å². The minimum atomic E-state index is -0.890. The molecule has 1 aromatic carbocycles. The Balaban J connectivity index is 2.44. The molecule has 6 heteroatoms. The number of hydrogen-bond acceptors (Lipinski definition) is 3. The molecule has 0 aliphatic carbocycles. The fourth-order valence-corrected chi connectivity index (χ4v) is 1.95. The minimum Gasteiger partial charge on any atom is -0.493 e. The van der Waals surface area contributed by atoms with Crippen molar-refractivity contribution in [2.45, 2.75) is 6.10 Å². The second kappa shape index (κ2) is 5.16. The Morgan fingerprint density at radius 1 is 1.53 bits per heavy atom. The summed E-state index contributed by atoms with van der Waals surface area (Å²) in [6, 6.07) is 1.15. The summed E-state index contributed by atoms with van der Waals surface area (Å²) in [4.78, 5) is 0. The Bertz CT molecular complexity index is 422. The number of hydrogen-bond donors (Lipinski definition) is 1. The highest BCUT2D eigenvalue weighted by molar-refractivity contribution is 6.31. The van der Waals surface area contributed by atoms with Gasteiger partial charge in [0.15, 0.2) is 11.6 Å². The maximum absolute atomic E-state index is 13.7. The highest BCUT2D eigenvalue weighted by Crippen LogP contribution is 2.36. The van der Waals surface area contributed by atoms with Crippen LogP contribution < -0.4 is 10.1 Å². The van der Waals surface area contributed by atoms with Gasteiger partial charge in [-0.25, -0.2) is 8.78 Å². The first-order valence-corrected chi connectivity index (χ1v) is 5.56. The molecule has 1 fully saturated rings. The molecule has 1 saturated heterocycles. The normalized spacial score (nSPS) is 20.4. The maximum Gasteiger partial charge on any atom is 0.186 e. The van der Waals surface area contributed by atoms with E-state index in [0.717, 1.165) is 12.6 Å². The average Bonchev–Trinajstić information content (AvgIpc) is 2.36. The van der Waals surface area contributed by atoms with E-state index >= 15 is 0 Å². The summed E-state index contributed by atoms with van der Waals surface area (Å²) in [5, 5.41) is 2.52. The van der Waals surface area contributed by atoms with Crippen molar-refractivity contribution in [3.63, 3.8) is 0 Å².